The van der Waals surface area contributed by atoms with Crippen LogP contribution in [-0.4, -0.2) is 129 Å². The van der Waals surface area contributed by atoms with Crippen molar-refractivity contribution in [1.29, 1.82) is 0 Å². The topological polar surface area (TPSA) is 422 Å². The molecule has 502 valence electrons. The summed E-state index contributed by atoms with van der Waals surface area (Å²) in [5.41, 5.74) is 4.03. The number of urea groups is 1. The summed E-state index contributed by atoms with van der Waals surface area (Å²) in [6.07, 6.45) is 1.11. The summed E-state index contributed by atoms with van der Waals surface area (Å²) < 4.78 is 169. The lowest BCUT2D eigenvalue weighted by Crippen LogP contribution is -2.21. The maximum Gasteiger partial charge on any atom is 0.323 e. The summed E-state index contributed by atoms with van der Waals surface area (Å²) >= 11 is 6.76. The van der Waals surface area contributed by atoms with Crippen molar-refractivity contribution in [2.75, 3.05) is 81.9 Å². The number of benzene rings is 6. The van der Waals surface area contributed by atoms with Crippen molar-refractivity contribution in [3.8, 4) is 40.2 Å². The monoisotopic (exact) mass is 1500 g/mol. The van der Waals surface area contributed by atoms with Crippen LogP contribution in [0.5, 0.6) is 40.2 Å². The van der Waals surface area contributed by atoms with Crippen LogP contribution in [0, 0.1) is 13.8 Å². The average Bonchev–Trinajstić information content (AvgIpc) is 0.841. The normalized spacial score (nSPS) is 12.3. The van der Waals surface area contributed by atoms with Crippen LogP contribution < -0.4 is 43.8 Å². The Bertz CT molecular complexity index is 4260. The summed E-state index contributed by atoms with van der Waals surface area (Å²) in [4.78, 5) is 14.1. The van der Waals surface area contributed by atoms with Gasteiger partial charge in [0.15, 0.2) is 0 Å². The van der Waals surface area contributed by atoms with E-state index < -0.39 is 69.5 Å². The molecule has 0 atom stereocenters. The fourth-order valence-electron chi connectivity index (χ4n) is 8.34. The first kappa shape index (κ1) is 74.2. The molecule has 0 bridgehead atoms. The zero-order valence-corrected chi connectivity index (χ0v) is 57.2. The number of unbranched alkanes of at least 4 members (excludes halogenated alkanes) is 2. The highest BCUT2D eigenvalue weighted by Gasteiger charge is 2.20. The number of carbonyl (C=O) groups excluding carboxylic acids is 1. The molecule has 93 heavy (non-hydrogen) atoms. The van der Waals surface area contributed by atoms with Crippen LogP contribution in [-0.2, 0) is 46.9 Å². The highest BCUT2D eigenvalue weighted by Crippen LogP contribution is 2.45. The van der Waals surface area contributed by atoms with Gasteiger partial charge in [0.2, 0.25) is 0 Å². The minimum Gasteiger partial charge on any atom is -0.494 e. The molecule has 0 spiro atoms. The van der Waals surface area contributed by atoms with Crippen molar-refractivity contribution in [3.05, 3.63) is 111 Å². The number of hydrogen-bond acceptors (Lipinski definition) is 24. The van der Waals surface area contributed by atoms with Gasteiger partial charge in [-0.1, -0.05) is 38.3 Å². The predicted molar refractivity (Wildman–Crippen MR) is 353 cm³/mol. The van der Waals surface area contributed by atoms with Crippen LogP contribution in [0.4, 0.5) is 61.7 Å². The van der Waals surface area contributed by atoms with Crippen LogP contribution in [0.3, 0.4) is 0 Å². The van der Waals surface area contributed by atoms with Crippen molar-refractivity contribution in [3.63, 3.8) is 0 Å². The summed E-state index contributed by atoms with van der Waals surface area (Å²) in [5.74, 6) is -0.666. The quantitative estimate of drug-likeness (QED) is 0.0122. The first-order chi connectivity index (χ1) is 43.9. The number of azo groups is 4. The van der Waals surface area contributed by atoms with Crippen LogP contribution in [0.25, 0.3) is 0 Å². The number of ether oxygens (including phenoxy) is 7. The lowest BCUT2D eigenvalue weighted by molar-refractivity contribution is 0.261. The molecule has 0 saturated heterocycles. The molecule has 0 saturated carbocycles. The summed E-state index contributed by atoms with van der Waals surface area (Å²) in [5, 5.41) is 41.0. The van der Waals surface area contributed by atoms with E-state index in [1.165, 1.54) is 58.8 Å². The second-order valence-electron chi connectivity index (χ2n) is 20.0. The van der Waals surface area contributed by atoms with Crippen molar-refractivity contribution >= 4 is 135 Å². The molecule has 36 heteroatoms. The Morgan fingerprint density at radius 1 is 0.387 bits per heavy atom. The molecule has 0 unspecified atom stereocenters. The van der Waals surface area contributed by atoms with E-state index in [1.807, 2.05) is 0 Å². The smallest absolute Gasteiger partial charge is 0.323 e. The first-order valence-electron chi connectivity index (χ1n) is 27.8. The van der Waals surface area contributed by atoms with E-state index in [1.54, 1.807) is 68.4 Å². The summed E-state index contributed by atoms with van der Waals surface area (Å²) in [6.45, 7) is 3.08. The molecule has 0 fully saturated rings. The van der Waals surface area contributed by atoms with Crippen molar-refractivity contribution in [2.24, 2.45) is 40.9 Å². The zero-order chi connectivity index (χ0) is 68.1. The Morgan fingerprint density at radius 3 is 1.10 bits per heavy atom. The molecule has 6 rings (SSSR count). The van der Waals surface area contributed by atoms with Crippen LogP contribution in [0.2, 0.25) is 0 Å². The van der Waals surface area contributed by atoms with Gasteiger partial charge in [0, 0.05) is 45.0 Å². The summed E-state index contributed by atoms with van der Waals surface area (Å²) in [6, 6.07) is 21.5. The molecule has 0 aliphatic rings. The second-order valence-corrected chi connectivity index (χ2v) is 28.1. The lowest BCUT2D eigenvalue weighted by atomic mass is 10.0. The Labute approximate surface area is 553 Å². The predicted octanol–water partition coefficient (Wildman–Crippen LogP) is 14.7. The van der Waals surface area contributed by atoms with Gasteiger partial charge in [-0.3, -0.25) is 18.2 Å². The maximum absolute atomic E-state index is 14.1. The Hall–Kier alpha value is -7.81. The van der Waals surface area contributed by atoms with Crippen LogP contribution in [0.1, 0.15) is 55.2 Å². The zero-order valence-electron chi connectivity index (χ0n) is 50.8. The van der Waals surface area contributed by atoms with Gasteiger partial charge in [-0.05, 0) is 124 Å². The highest BCUT2D eigenvalue weighted by atomic mass is 79.9. The Balaban J connectivity index is 1.27. The molecule has 6 aromatic rings. The molecule has 0 aliphatic heterocycles. The van der Waals surface area contributed by atoms with Gasteiger partial charge in [0.1, 0.15) is 74.4 Å². The average molecular weight is 1500 g/mol. The Kier molecular flexibility index (Phi) is 27.4. The number of rotatable bonds is 35. The van der Waals surface area contributed by atoms with E-state index >= 15 is 0 Å². The lowest BCUT2D eigenvalue weighted by Gasteiger charge is -2.17. The van der Waals surface area contributed by atoms with Crippen molar-refractivity contribution in [1.82, 2.24) is 0 Å². The van der Waals surface area contributed by atoms with E-state index in [9.17, 15) is 47.6 Å². The molecule has 0 aromatic heterocycles. The maximum atomic E-state index is 14.1. The van der Waals surface area contributed by atoms with E-state index in [0.29, 0.717) is 49.9 Å². The molecule has 0 aliphatic carbocycles. The van der Waals surface area contributed by atoms with Crippen LogP contribution >= 0.6 is 31.9 Å². The second kappa shape index (κ2) is 34.4. The SMILES string of the molecule is COc1cc(N=Nc2ccc(Br)cc2OCCCS(=O)(=O)O)c(OC)cc1N=Nc1cc(CCCCCS(=O)(=O)O)c(NC(=O)Nc2cc(C)c(N=Nc3cc(OC)c(N=Nc4ccc(Br)cc4OCCCS(=O)(=O)O)cc3OC)cc2OCCCS(=O)(=O)O)cc1C. The molecule has 6 N–H and O–H groups in total. The van der Waals surface area contributed by atoms with E-state index in [-0.39, 0.29) is 138 Å². The highest BCUT2D eigenvalue weighted by molar-refractivity contribution is 9.10. The number of anilines is 2. The molecule has 30 nitrogen and oxygen atoms in total. The molecule has 0 heterocycles. The molecule has 2 amide bonds. The minimum atomic E-state index is -4.36. The van der Waals surface area contributed by atoms with Gasteiger partial charge < -0.3 is 43.8 Å². The number of nitrogens with zero attached hydrogens (tertiary/aromatic N) is 8. The minimum absolute atomic E-state index is 0.0108. The number of carbonyl (C=O) groups is 1. The molecular formula is C57H66Br2N10O20S4. The third-order valence-electron chi connectivity index (χ3n) is 12.8. The third kappa shape index (κ3) is 24.9. The number of amides is 2. The van der Waals surface area contributed by atoms with Gasteiger partial charge in [-0.15, -0.1) is 30.7 Å². The van der Waals surface area contributed by atoms with E-state index in [0.717, 1.165) is 0 Å². The number of methoxy groups -OCH3 is 4. The van der Waals surface area contributed by atoms with Gasteiger partial charge in [0.25, 0.3) is 40.5 Å². The first-order valence-corrected chi connectivity index (χ1v) is 35.8. The molecule has 6 aromatic carbocycles. The van der Waals surface area contributed by atoms with Gasteiger partial charge in [-0.25, -0.2) is 4.79 Å². The largest absolute Gasteiger partial charge is 0.494 e. The van der Waals surface area contributed by atoms with Gasteiger partial charge in [0.05, 0.1) is 88.3 Å². The van der Waals surface area contributed by atoms with E-state index in [2.05, 4.69) is 83.4 Å². The number of nitrogens with one attached hydrogen (secondary N) is 2. The third-order valence-corrected chi connectivity index (χ3v) is 17.0. The van der Waals surface area contributed by atoms with Crippen molar-refractivity contribution in [2.45, 2.75) is 58.8 Å². The fraction of sp³-hybridized carbons (Fsp3) is 0.351. The van der Waals surface area contributed by atoms with Gasteiger partial charge >= 0.3 is 6.03 Å². The van der Waals surface area contributed by atoms with E-state index in [4.69, 9.17) is 42.3 Å². The number of halogens is 2. The Morgan fingerprint density at radius 2 is 0.710 bits per heavy atom. The number of hydrogen-bond donors (Lipinski definition) is 6. The summed E-state index contributed by atoms with van der Waals surface area (Å²) in [7, 11) is -11.3. The molecule has 0 radical (unpaired) electrons. The number of aryl methyl sites for hydroxylation is 3. The van der Waals surface area contributed by atoms with Gasteiger partial charge in [-0.2, -0.15) is 43.9 Å². The standard InChI is InChI=1S/C57H66Br2N10O20S4/c1-35-25-44(37(13-8-7-9-21-90(71,72)73)27-42(35)64-68-48-33-50(83-3)46(31-52(48)85-5)66-62-40-16-14-38(58)28-54(40)87-18-10-22-91(74,75)76)60-57(70)61-45-26-36(2)43(30-56(45)89-20-12-24-93(80,81)82)65-69-49-34-51(84-4)47(32-53(49)86-6)67-63-41-17-15-39(59)29-55(41)88-19-11-23-92(77,78)79/h14-17,25-34H,7-13,18-24H2,1-6H3,(H2,60,61,70)(H,71,72,73)(H,74,75,76)(H,77,78,79)(H,80,81,82). The molecular weight excluding hydrogens is 1430 g/mol. The van der Waals surface area contributed by atoms with Crippen LogP contribution in [0.15, 0.2) is 135 Å². The fourth-order valence-corrected chi connectivity index (χ4v) is 11.0. The van der Waals surface area contributed by atoms with Crippen molar-refractivity contribution < 1.29 is 89.8 Å².